The second kappa shape index (κ2) is 6.48. The van der Waals surface area contributed by atoms with Crippen molar-refractivity contribution in [3.05, 3.63) is 0 Å². The Morgan fingerprint density at radius 2 is 1.81 bits per heavy atom. The fourth-order valence-corrected chi connectivity index (χ4v) is 1.17. The molecule has 0 aromatic heterocycles. The fourth-order valence-electron chi connectivity index (χ4n) is 1.17. The van der Waals surface area contributed by atoms with Gasteiger partial charge in [0.1, 0.15) is 0 Å². The first-order valence-corrected chi connectivity index (χ1v) is 5.60. The van der Waals surface area contributed by atoms with Crippen LogP contribution in [0.1, 0.15) is 34.1 Å². The second-order valence-electron chi connectivity index (χ2n) is 4.34. The maximum atomic E-state index is 11.7. The van der Waals surface area contributed by atoms with E-state index in [-0.39, 0.29) is 11.8 Å². The van der Waals surface area contributed by atoms with E-state index in [1.807, 2.05) is 13.8 Å². The lowest BCUT2D eigenvalue weighted by Crippen LogP contribution is -2.50. The minimum Gasteiger partial charge on any atom is -0.481 e. The van der Waals surface area contributed by atoms with Crippen LogP contribution in [0, 0.1) is 11.8 Å². The SMILES string of the molecule is CCC(C)C(N)C(=O)NC(C)C(C)C(=O)O. The molecule has 0 aliphatic carbocycles. The van der Waals surface area contributed by atoms with Crippen molar-refractivity contribution in [3.8, 4) is 0 Å². The number of hydrogen-bond acceptors (Lipinski definition) is 3. The van der Waals surface area contributed by atoms with Crippen molar-refractivity contribution in [2.45, 2.75) is 46.2 Å². The van der Waals surface area contributed by atoms with Crippen LogP contribution in [-0.2, 0) is 9.59 Å². The molecular formula is C11H22N2O3. The molecule has 5 heteroatoms. The van der Waals surface area contributed by atoms with Gasteiger partial charge in [0.2, 0.25) is 5.91 Å². The normalized spacial score (nSPS) is 18.3. The standard InChI is InChI=1S/C11H22N2O3/c1-5-6(2)9(12)10(14)13-8(4)7(3)11(15)16/h6-9H,5,12H2,1-4H3,(H,13,14)(H,15,16). The number of carbonyl (C=O) groups excluding carboxylic acids is 1. The molecule has 4 unspecified atom stereocenters. The Morgan fingerprint density at radius 3 is 2.19 bits per heavy atom. The maximum absolute atomic E-state index is 11.7. The van der Waals surface area contributed by atoms with Gasteiger partial charge in [-0.25, -0.2) is 0 Å². The van der Waals surface area contributed by atoms with Crippen LogP contribution in [0.3, 0.4) is 0 Å². The Kier molecular flexibility index (Phi) is 6.03. The summed E-state index contributed by atoms with van der Waals surface area (Å²) in [6, 6.07) is -0.992. The predicted molar refractivity (Wildman–Crippen MR) is 61.8 cm³/mol. The zero-order valence-corrected chi connectivity index (χ0v) is 10.4. The molecule has 0 fully saturated rings. The third kappa shape index (κ3) is 4.18. The van der Waals surface area contributed by atoms with Gasteiger partial charge < -0.3 is 16.2 Å². The molecule has 0 aromatic carbocycles. The number of carbonyl (C=O) groups is 2. The van der Waals surface area contributed by atoms with Crippen LogP contribution in [0.15, 0.2) is 0 Å². The minimum absolute atomic E-state index is 0.0901. The summed E-state index contributed by atoms with van der Waals surface area (Å²) in [5.41, 5.74) is 5.74. The Balaban J connectivity index is 4.29. The monoisotopic (exact) mass is 230 g/mol. The quantitative estimate of drug-likeness (QED) is 0.622. The van der Waals surface area contributed by atoms with Crippen molar-refractivity contribution >= 4 is 11.9 Å². The van der Waals surface area contributed by atoms with Crippen molar-refractivity contribution in [2.75, 3.05) is 0 Å². The summed E-state index contributed by atoms with van der Waals surface area (Å²) < 4.78 is 0. The van der Waals surface area contributed by atoms with Crippen LogP contribution in [0.25, 0.3) is 0 Å². The van der Waals surface area contributed by atoms with Crippen molar-refractivity contribution in [2.24, 2.45) is 17.6 Å². The first kappa shape index (κ1) is 14.9. The first-order valence-electron chi connectivity index (χ1n) is 5.60. The number of nitrogens with one attached hydrogen (secondary N) is 1. The summed E-state index contributed by atoms with van der Waals surface area (Å²) in [4.78, 5) is 22.4. The largest absolute Gasteiger partial charge is 0.481 e. The number of aliphatic carboxylic acids is 1. The van der Waals surface area contributed by atoms with E-state index in [0.717, 1.165) is 6.42 Å². The van der Waals surface area contributed by atoms with E-state index >= 15 is 0 Å². The van der Waals surface area contributed by atoms with Gasteiger partial charge in [-0.1, -0.05) is 20.3 Å². The van der Waals surface area contributed by atoms with Gasteiger partial charge in [-0.3, -0.25) is 9.59 Å². The second-order valence-corrected chi connectivity index (χ2v) is 4.34. The molecule has 1 amide bonds. The Labute approximate surface area is 96.4 Å². The summed E-state index contributed by atoms with van der Waals surface area (Å²) in [6.07, 6.45) is 0.817. The summed E-state index contributed by atoms with van der Waals surface area (Å²) >= 11 is 0. The summed E-state index contributed by atoms with van der Waals surface area (Å²) in [6.45, 7) is 7.08. The molecular weight excluding hydrogens is 208 g/mol. The van der Waals surface area contributed by atoms with Crippen molar-refractivity contribution in [1.29, 1.82) is 0 Å². The molecule has 0 bridgehead atoms. The average Bonchev–Trinajstić information content (AvgIpc) is 2.25. The van der Waals surface area contributed by atoms with E-state index in [0.29, 0.717) is 0 Å². The molecule has 0 aromatic rings. The topological polar surface area (TPSA) is 92.4 Å². The lowest BCUT2D eigenvalue weighted by Gasteiger charge is -2.23. The van der Waals surface area contributed by atoms with Crippen LogP contribution < -0.4 is 11.1 Å². The van der Waals surface area contributed by atoms with Gasteiger partial charge in [-0.05, 0) is 19.8 Å². The zero-order chi connectivity index (χ0) is 12.9. The van der Waals surface area contributed by atoms with Crippen molar-refractivity contribution < 1.29 is 14.7 Å². The van der Waals surface area contributed by atoms with Crippen molar-refractivity contribution in [3.63, 3.8) is 0 Å². The summed E-state index contributed by atoms with van der Waals surface area (Å²) in [5.74, 6) is -1.74. The van der Waals surface area contributed by atoms with Crippen LogP contribution in [0.4, 0.5) is 0 Å². The number of rotatable bonds is 6. The van der Waals surface area contributed by atoms with E-state index in [1.54, 1.807) is 13.8 Å². The molecule has 94 valence electrons. The van der Waals surface area contributed by atoms with Crippen LogP contribution in [0.2, 0.25) is 0 Å². The van der Waals surface area contributed by atoms with Crippen LogP contribution in [0.5, 0.6) is 0 Å². The van der Waals surface area contributed by atoms with E-state index in [4.69, 9.17) is 10.8 Å². The van der Waals surface area contributed by atoms with Crippen LogP contribution >= 0.6 is 0 Å². The smallest absolute Gasteiger partial charge is 0.308 e. The lowest BCUT2D eigenvalue weighted by molar-refractivity contribution is -0.142. The zero-order valence-electron chi connectivity index (χ0n) is 10.4. The average molecular weight is 230 g/mol. The number of nitrogens with two attached hydrogens (primary N) is 1. The highest BCUT2D eigenvalue weighted by atomic mass is 16.4. The molecule has 0 aliphatic rings. The van der Waals surface area contributed by atoms with Gasteiger partial charge in [0, 0.05) is 6.04 Å². The molecule has 0 saturated heterocycles. The summed E-state index contributed by atoms with van der Waals surface area (Å²) in [7, 11) is 0. The van der Waals surface area contributed by atoms with Gasteiger partial charge in [-0.15, -0.1) is 0 Å². The van der Waals surface area contributed by atoms with E-state index in [2.05, 4.69) is 5.32 Å². The highest BCUT2D eigenvalue weighted by molar-refractivity contribution is 5.82. The molecule has 5 nitrogen and oxygen atoms in total. The van der Waals surface area contributed by atoms with E-state index < -0.39 is 24.0 Å². The molecule has 0 spiro atoms. The van der Waals surface area contributed by atoms with Gasteiger partial charge >= 0.3 is 5.97 Å². The Hall–Kier alpha value is -1.10. The molecule has 0 rings (SSSR count). The Bertz CT molecular complexity index is 256. The van der Waals surface area contributed by atoms with E-state index in [1.165, 1.54) is 0 Å². The molecule has 0 saturated carbocycles. The summed E-state index contributed by atoms with van der Waals surface area (Å²) in [5, 5.41) is 11.4. The van der Waals surface area contributed by atoms with Gasteiger partial charge in [0.15, 0.2) is 0 Å². The maximum Gasteiger partial charge on any atom is 0.308 e. The lowest BCUT2D eigenvalue weighted by atomic mass is 9.98. The molecule has 4 N–H and O–H groups in total. The minimum atomic E-state index is -0.926. The molecule has 0 radical (unpaired) electrons. The molecule has 0 aliphatic heterocycles. The number of carboxylic acid groups (broad SMARTS) is 1. The van der Waals surface area contributed by atoms with Crippen LogP contribution in [-0.4, -0.2) is 29.1 Å². The number of amides is 1. The Morgan fingerprint density at radius 1 is 1.31 bits per heavy atom. The third-order valence-electron chi connectivity index (χ3n) is 3.07. The fraction of sp³-hybridized carbons (Fsp3) is 0.818. The van der Waals surface area contributed by atoms with Crippen molar-refractivity contribution in [1.82, 2.24) is 5.32 Å². The number of hydrogen-bond donors (Lipinski definition) is 3. The number of carboxylic acids is 1. The highest BCUT2D eigenvalue weighted by Gasteiger charge is 2.25. The van der Waals surface area contributed by atoms with Gasteiger partial charge in [-0.2, -0.15) is 0 Å². The first-order chi connectivity index (χ1) is 7.31. The van der Waals surface area contributed by atoms with Gasteiger partial charge in [0.05, 0.1) is 12.0 Å². The third-order valence-corrected chi connectivity index (χ3v) is 3.07. The molecule has 0 heterocycles. The molecule has 4 atom stereocenters. The molecule has 16 heavy (non-hydrogen) atoms. The highest BCUT2D eigenvalue weighted by Crippen LogP contribution is 2.07. The van der Waals surface area contributed by atoms with E-state index in [9.17, 15) is 9.59 Å². The van der Waals surface area contributed by atoms with Gasteiger partial charge in [0.25, 0.3) is 0 Å². The predicted octanol–water partition coefficient (Wildman–Crippen LogP) is 0.585.